The molecule has 5 nitrogen and oxygen atoms in total. The molecule has 4 rings (SSSR count). The van der Waals surface area contributed by atoms with Crippen LogP contribution in [0.25, 0.3) is 0 Å². The Morgan fingerprint density at radius 3 is 2.62 bits per heavy atom. The number of fused-ring (bicyclic) bond motifs is 1. The molecule has 0 saturated carbocycles. The summed E-state index contributed by atoms with van der Waals surface area (Å²) in [5.74, 6) is 0.252. The molecule has 1 saturated heterocycles. The molecule has 3 heterocycles. The Morgan fingerprint density at radius 2 is 1.90 bits per heavy atom. The molecule has 1 atom stereocenters. The molecular formula is C21H24F3N3O2. The lowest BCUT2D eigenvalue weighted by Gasteiger charge is -2.36. The van der Waals surface area contributed by atoms with Crippen molar-refractivity contribution in [2.75, 3.05) is 26.2 Å². The van der Waals surface area contributed by atoms with Crippen molar-refractivity contribution in [3.8, 4) is 0 Å². The molecule has 2 aromatic rings. The Labute approximate surface area is 167 Å². The summed E-state index contributed by atoms with van der Waals surface area (Å²) >= 11 is 0. The minimum absolute atomic E-state index is 0.0817. The third kappa shape index (κ3) is 4.70. The van der Waals surface area contributed by atoms with E-state index >= 15 is 0 Å². The van der Waals surface area contributed by atoms with Crippen LogP contribution < -0.4 is 5.56 Å². The molecule has 8 heteroatoms. The summed E-state index contributed by atoms with van der Waals surface area (Å²) in [5, 5.41) is 0. The van der Waals surface area contributed by atoms with Crippen molar-refractivity contribution in [3.63, 3.8) is 0 Å². The van der Waals surface area contributed by atoms with Gasteiger partial charge in [-0.2, -0.15) is 13.2 Å². The van der Waals surface area contributed by atoms with E-state index in [1.165, 1.54) is 15.7 Å². The number of alkyl halides is 3. The zero-order chi connectivity index (χ0) is 20.4. The maximum atomic E-state index is 12.7. The maximum Gasteiger partial charge on any atom is 0.433 e. The predicted molar refractivity (Wildman–Crippen MR) is 102 cm³/mol. The molecular weight excluding hydrogens is 383 g/mol. The number of piperidine rings is 1. The number of nitrogens with zero attached hydrogens (tertiary/aromatic N) is 3. The van der Waals surface area contributed by atoms with E-state index in [0.717, 1.165) is 51.8 Å². The normalized spacial score (nSPS) is 21.1. The highest BCUT2D eigenvalue weighted by atomic mass is 19.4. The highest BCUT2D eigenvalue weighted by molar-refractivity contribution is 5.31. The average Bonchev–Trinajstić information content (AvgIpc) is 2.70. The fourth-order valence-corrected chi connectivity index (χ4v) is 4.21. The average molecular weight is 407 g/mol. The smallest absolute Gasteiger partial charge is 0.372 e. The Hall–Kier alpha value is -2.19. The zero-order valence-electron chi connectivity index (χ0n) is 16.1. The monoisotopic (exact) mass is 407 g/mol. The van der Waals surface area contributed by atoms with Crippen molar-refractivity contribution in [2.45, 2.75) is 38.1 Å². The van der Waals surface area contributed by atoms with E-state index in [-0.39, 0.29) is 12.0 Å². The Morgan fingerprint density at radius 1 is 1.14 bits per heavy atom. The first-order valence-electron chi connectivity index (χ1n) is 9.95. The van der Waals surface area contributed by atoms with Crippen molar-refractivity contribution in [1.29, 1.82) is 0 Å². The van der Waals surface area contributed by atoms with Gasteiger partial charge in [0.15, 0.2) is 5.69 Å². The standard InChI is InChI=1S/C21H24F3N3O2/c22-21(23,24)19-11-20(28)27(14-25-19)12-15-5-8-26(9-6-15)13-18-17-4-2-1-3-16(17)7-10-29-18/h1-4,11,14-15,18H,5-10,12-13H2. The van der Waals surface area contributed by atoms with Crippen molar-refractivity contribution in [1.82, 2.24) is 14.5 Å². The Bertz CT molecular complexity index is 905. The Balaban J connectivity index is 1.32. The zero-order valence-corrected chi connectivity index (χ0v) is 16.1. The van der Waals surface area contributed by atoms with Crippen molar-refractivity contribution < 1.29 is 17.9 Å². The molecule has 1 fully saturated rings. The number of ether oxygens (including phenoxy) is 1. The number of likely N-dealkylation sites (tertiary alicyclic amines) is 1. The highest BCUT2D eigenvalue weighted by Crippen LogP contribution is 2.29. The molecule has 0 amide bonds. The second kappa shape index (κ2) is 8.28. The fourth-order valence-electron chi connectivity index (χ4n) is 4.21. The van der Waals surface area contributed by atoms with Gasteiger partial charge in [0.05, 0.1) is 19.0 Å². The van der Waals surface area contributed by atoms with Gasteiger partial charge in [0.1, 0.15) is 0 Å². The molecule has 1 unspecified atom stereocenters. The van der Waals surface area contributed by atoms with Crippen LogP contribution >= 0.6 is 0 Å². The van der Waals surface area contributed by atoms with Crippen LogP contribution in [0.1, 0.15) is 35.8 Å². The predicted octanol–water partition coefficient (Wildman–Crippen LogP) is 3.29. The number of hydrogen-bond donors (Lipinski definition) is 0. The van der Waals surface area contributed by atoms with Crippen LogP contribution in [0.15, 0.2) is 41.5 Å². The lowest BCUT2D eigenvalue weighted by molar-refractivity contribution is -0.141. The van der Waals surface area contributed by atoms with Gasteiger partial charge in [-0.25, -0.2) is 4.98 Å². The van der Waals surface area contributed by atoms with Gasteiger partial charge in [-0.3, -0.25) is 9.36 Å². The number of aromatic nitrogens is 2. The molecule has 156 valence electrons. The number of benzene rings is 1. The maximum absolute atomic E-state index is 12.7. The lowest BCUT2D eigenvalue weighted by atomic mass is 9.94. The van der Waals surface area contributed by atoms with E-state index < -0.39 is 17.4 Å². The molecule has 0 bridgehead atoms. The topological polar surface area (TPSA) is 47.4 Å². The van der Waals surface area contributed by atoms with E-state index in [1.54, 1.807) is 0 Å². The lowest BCUT2D eigenvalue weighted by Crippen LogP contribution is -2.39. The Kier molecular flexibility index (Phi) is 5.74. The van der Waals surface area contributed by atoms with Gasteiger partial charge in [-0.05, 0) is 49.4 Å². The van der Waals surface area contributed by atoms with Crippen LogP contribution in [0.2, 0.25) is 0 Å². The molecule has 0 radical (unpaired) electrons. The summed E-state index contributed by atoms with van der Waals surface area (Å²) in [6.07, 6.45) is -0.763. The van der Waals surface area contributed by atoms with Crippen LogP contribution in [0.4, 0.5) is 13.2 Å². The van der Waals surface area contributed by atoms with E-state index in [9.17, 15) is 18.0 Å². The molecule has 0 aliphatic carbocycles. The molecule has 29 heavy (non-hydrogen) atoms. The van der Waals surface area contributed by atoms with Crippen LogP contribution in [-0.4, -0.2) is 40.7 Å². The summed E-state index contributed by atoms with van der Waals surface area (Å²) in [6.45, 7) is 3.75. The van der Waals surface area contributed by atoms with Crippen molar-refractivity contribution >= 4 is 0 Å². The van der Waals surface area contributed by atoms with Crippen LogP contribution in [0, 0.1) is 5.92 Å². The summed E-state index contributed by atoms with van der Waals surface area (Å²) in [7, 11) is 0. The van der Waals surface area contributed by atoms with Gasteiger partial charge in [-0.1, -0.05) is 24.3 Å². The first-order valence-corrected chi connectivity index (χ1v) is 9.95. The van der Waals surface area contributed by atoms with E-state index in [4.69, 9.17) is 4.74 Å². The SMILES string of the molecule is O=c1cc(C(F)(F)F)ncn1CC1CCN(CC2OCCc3ccccc32)CC1. The number of rotatable bonds is 4. The van der Waals surface area contributed by atoms with E-state index in [1.807, 2.05) is 6.07 Å². The first kappa shape index (κ1) is 20.1. The molecule has 0 N–H and O–H groups in total. The second-order valence-corrected chi connectivity index (χ2v) is 7.81. The second-order valence-electron chi connectivity index (χ2n) is 7.81. The van der Waals surface area contributed by atoms with Gasteiger partial charge >= 0.3 is 6.18 Å². The first-order chi connectivity index (χ1) is 13.9. The third-order valence-corrected chi connectivity index (χ3v) is 5.85. The van der Waals surface area contributed by atoms with Gasteiger partial charge in [0.25, 0.3) is 5.56 Å². The van der Waals surface area contributed by atoms with E-state index in [0.29, 0.717) is 12.6 Å². The largest absolute Gasteiger partial charge is 0.433 e. The molecule has 1 aromatic heterocycles. The van der Waals surface area contributed by atoms with Gasteiger partial charge in [0, 0.05) is 19.2 Å². The summed E-state index contributed by atoms with van der Waals surface area (Å²) < 4.78 is 45.3. The summed E-state index contributed by atoms with van der Waals surface area (Å²) in [5.41, 5.74) is 0.833. The number of hydrogen-bond acceptors (Lipinski definition) is 4. The fraction of sp³-hybridized carbons (Fsp3) is 0.524. The quantitative estimate of drug-likeness (QED) is 0.781. The summed E-state index contributed by atoms with van der Waals surface area (Å²) in [6, 6.07) is 8.98. The van der Waals surface area contributed by atoms with Gasteiger partial charge < -0.3 is 9.64 Å². The summed E-state index contributed by atoms with van der Waals surface area (Å²) in [4.78, 5) is 17.8. The van der Waals surface area contributed by atoms with Crippen molar-refractivity contribution in [3.05, 3.63) is 63.8 Å². The van der Waals surface area contributed by atoms with Crippen LogP contribution in [-0.2, 0) is 23.9 Å². The minimum atomic E-state index is -4.59. The molecule has 2 aliphatic heterocycles. The van der Waals surface area contributed by atoms with Gasteiger partial charge in [-0.15, -0.1) is 0 Å². The van der Waals surface area contributed by atoms with E-state index in [2.05, 4.69) is 28.1 Å². The third-order valence-electron chi connectivity index (χ3n) is 5.85. The van der Waals surface area contributed by atoms with Crippen LogP contribution in [0.3, 0.4) is 0 Å². The molecule has 2 aliphatic rings. The minimum Gasteiger partial charge on any atom is -0.372 e. The molecule has 1 aromatic carbocycles. The van der Waals surface area contributed by atoms with Crippen molar-refractivity contribution in [2.24, 2.45) is 5.92 Å². The number of halogens is 3. The van der Waals surface area contributed by atoms with Crippen LogP contribution in [0.5, 0.6) is 0 Å². The highest BCUT2D eigenvalue weighted by Gasteiger charge is 2.33. The molecule has 0 spiro atoms. The van der Waals surface area contributed by atoms with Gasteiger partial charge in [0.2, 0.25) is 0 Å².